The minimum atomic E-state index is -3.76. The first-order chi connectivity index (χ1) is 13.7. The highest BCUT2D eigenvalue weighted by atomic mass is 32.2. The number of anilines is 2. The molecular formula is C22H20N2O4S. The van der Waals surface area contributed by atoms with E-state index in [0.717, 1.165) is 5.56 Å². The molecule has 0 aliphatic rings. The molecule has 0 aliphatic heterocycles. The number of aryl methyl sites for hydroxylation is 1. The maximum Gasteiger partial charge on any atom is 0.261 e. The van der Waals surface area contributed by atoms with Gasteiger partial charge in [0.1, 0.15) is 0 Å². The van der Waals surface area contributed by atoms with Gasteiger partial charge < -0.3 is 5.32 Å². The zero-order valence-electron chi connectivity index (χ0n) is 16.0. The molecule has 0 atom stereocenters. The highest BCUT2D eigenvalue weighted by Gasteiger charge is 2.15. The molecule has 0 aliphatic carbocycles. The van der Waals surface area contributed by atoms with E-state index in [1.165, 1.54) is 31.2 Å². The van der Waals surface area contributed by atoms with Crippen LogP contribution in [0.3, 0.4) is 0 Å². The lowest BCUT2D eigenvalue weighted by Crippen LogP contribution is -2.15. The Morgan fingerprint density at radius 2 is 1.45 bits per heavy atom. The third-order valence-electron chi connectivity index (χ3n) is 4.26. The minimum absolute atomic E-state index is 0.0493. The van der Waals surface area contributed by atoms with Crippen LogP contribution >= 0.6 is 0 Å². The van der Waals surface area contributed by atoms with E-state index in [4.69, 9.17) is 0 Å². The molecule has 2 N–H and O–H groups in total. The van der Waals surface area contributed by atoms with Gasteiger partial charge in [0.15, 0.2) is 5.78 Å². The summed E-state index contributed by atoms with van der Waals surface area (Å²) in [4.78, 5) is 23.9. The van der Waals surface area contributed by atoms with Crippen molar-refractivity contribution in [1.29, 1.82) is 0 Å². The number of rotatable bonds is 6. The van der Waals surface area contributed by atoms with Gasteiger partial charge in [-0.25, -0.2) is 8.42 Å². The maximum atomic E-state index is 12.5. The van der Waals surface area contributed by atoms with Gasteiger partial charge >= 0.3 is 0 Å². The van der Waals surface area contributed by atoms with Crippen LogP contribution in [0.15, 0.2) is 77.7 Å². The normalized spacial score (nSPS) is 11.0. The van der Waals surface area contributed by atoms with Crippen LogP contribution in [-0.4, -0.2) is 20.1 Å². The van der Waals surface area contributed by atoms with E-state index in [0.29, 0.717) is 22.5 Å². The van der Waals surface area contributed by atoms with E-state index >= 15 is 0 Å². The van der Waals surface area contributed by atoms with Crippen LogP contribution in [0.5, 0.6) is 0 Å². The Morgan fingerprint density at radius 3 is 2.07 bits per heavy atom. The highest BCUT2D eigenvalue weighted by molar-refractivity contribution is 7.92. The number of carbonyl (C=O) groups is 2. The molecule has 3 rings (SSSR count). The van der Waals surface area contributed by atoms with Gasteiger partial charge in [-0.05, 0) is 62.4 Å². The van der Waals surface area contributed by atoms with E-state index in [9.17, 15) is 18.0 Å². The number of carbonyl (C=O) groups excluding carboxylic acids is 2. The van der Waals surface area contributed by atoms with E-state index in [2.05, 4.69) is 10.0 Å². The average Bonchev–Trinajstić information content (AvgIpc) is 2.70. The molecule has 0 aromatic heterocycles. The lowest BCUT2D eigenvalue weighted by atomic mass is 10.1. The smallest absolute Gasteiger partial charge is 0.261 e. The fraction of sp³-hybridized carbons (Fsp3) is 0.0909. The number of amides is 1. The van der Waals surface area contributed by atoms with Crippen LogP contribution in [-0.2, 0) is 10.0 Å². The molecule has 7 heteroatoms. The molecule has 6 nitrogen and oxygen atoms in total. The Hall–Kier alpha value is -3.45. The zero-order chi connectivity index (χ0) is 21.0. The highest BCUT2D eigenvalue weighted by Crippen LogP contribution is 2.18. The predicted molar refractivity (Wildman–Crippen MR) is 113 cm³/mol. The third-order valence-corrected chi connectivity index (χ3v) is 5.65. The first-order valence-electron chi connectivity index (χ1n) is 8.86. The van der Waals surface area contributed by atoms with E-state index in [1.807, 2.05) is 19.1 Å². The second-order valence-corrected chi connectivity index (χ2v) is 8.27. The lowest BCUT2D eigenvalue weighted by molar-refractivity contribution is 0.101. The number of nitrogens with one attached hydrogen (secondary N) is 2. The van der Waals surface area contributed by atoms with Crippen molar-refractivity contribution >= 4 is 33.1 Å². The number of ketones is 1. The van der Waals surface area contributed by atoms with Crippen molar-refractivity contribution in [3.8, 4) is 0 Å². The molecule has 1 amide bonds. The van der Waals surface area contributed by atoms with Gasteiger partial charge in [-0.1, -0.05) is 29.8 Å². The van der Waals surface area contributed by atoms with Gasteiger partial charge in [-0.2, -0.15) is 0 Å². The maximum absolute atomic E-state index is 12.5. The summed E-state index contributed by atoms with van der Waals surface area (Å²) in [6, 6.07) is 19.2. The van der Waals surface area contributed by atoms with Crippen LogP contribution in [0.25, 0.3) is 0 Å². The molecule has 0 radical (unpaired) electrons. The number of benzene rings is 3. The van der Waals surface area contributed by atoms with Crippen molar-refractivity contribution in [2.24, 2.45) is 0 Å². The molecule has 0 saturated heterocycles. The average molecular weight is 408 g/mol. The monoisotopic (exact) mass is 408 g/mol. The number of hydrogen-bond acceptors (Lipinski definition) is 4. The van der Waals surface area contributed by atoms with E-state index in [1.54, 1.807) is 36.4 Å². The summed E-state index contributed by atoms with van der Waals surface area (Å²) >= 11 is 0. The molecule has 29 heavy (non-hydrogen) atoms. The molecule has 0 spiro atoms. The zero-order valence-corrected chi connectivity index (χ0v) is 16.8. The molecule has 0 unspecified atom stereocenters. The number of hydrogen-bond donors (Lipinski definition) is 2. The molecule has 3 aromatic rings. The predicted octanol–water partition coefficient (Wildman–Crippen LogP) is 4.25. The minimum Gasteiger partial charge on any atom is -0.322 e. The van der Waals surface area contributed by atoms with Gasteiger partial charge in [-0.3, -0.25) is 14.3 Å². The van der Waals surface area contributed by atoms with Crippen molar-refractivity contribution < 1.29 is 18.0 Å². The van der Waals surface area contributed by atoms with E-state index in [-0.39, 0.29) is 10.7 Å². The van der Waals surface area contributed by atoms with Gasteiger partial charge in [0, 0.05) is 22.5 Å². The Balaban J connectivity index is 1.73. The fourth-order valence-electron chi connectivity index (χ4n) is 2.64. The summed E-state index contributed by atoms with van der Waals surface area (Å²) < 4.78 is 27.5. The van der Waals surface area contributed by atoms with Crippen LogP contribution in [0.2, 0.25) is 0 Å². The van der Waals surface area contributed by atoms with Crippen LogP contribution in [0.1, 0.15) is 33.2 Å². The van der Waals surface area contributed by atoms with Crippen molar-refractivity contribution in [1.82, 2.24) is 0 Å². The Kier molecular flexibility index (Phi) is 5.79. The SMILES string of the molecule is CC(=O)c1cccc(NC(=O)c2ccc(S(=O)(=O)Nc3ccc(C)cc3)cc2)c1. The van der Waals surface area contributed by atoms with Gasteiger partial charge in [0.25, 0.3) is 15.9 Å². The molecule has 0 bridgehead atoms. The summed E-state index contributed by atoms with van der Waals surface area (Å²) in [5.41, 5.74) is 2.76. The number of Topliss-reactive ketones (excluding diaryl/α,β-unsaturated/α-hetero) is 1. The molecule has 0 saturated carbocycles. The summed E-state index contributed by atoms with van der Waals surface area (Å²) in [6.07, 6.45) is 0. The van der Waals surface area contributed by atoms with Gasteiger partial charge in [0.2, 0.25) is 0 Å². The Morgan fingerprint density at radius 1 is 0.793 bits per heavy atom. The van der Waals surface area contributed by atoms with Gasteiger partial charge in [-0.15, -0.1) is 0 Å². The molecule has 0 heterocycles. The van der Waals surface area contributed by atoms with E-state index < -0.39 is 15.9 Å². The second kappa shape index (κ2) is 8.28. The molecule has 148 valence electrons. The largest absolute Gasteiger partial charge is 0.322 e. The Bertz CT molecular complexity index is 1150. The third kappa shape index (κ3) is 5.08. The second-order valence-electron chi connectivity index (χ2n) is 6.59. The summed E-state index contributed by atoms with van der Waals surface area (Å²) in [5.74, 6) is -0.502. The van der Waals surface area contributed by atoms with Crippen molar-refractivity contribution in [2.75, 3.05) is 10.0 Å². The molecule has 0 fully saturated rings. The summed E-state index contributed by atoms with van der Waals surface area (Å²) in [5, 5.41) is 2.70. The molecular weight excluding hydrogens is 388 g/mol. The van der Waals surface area contributed by atoms with Crippen LogP contribution in [0, 0.1) is 6.92 Å². The first kappa shape index (κ1) is 20.3. The number of sulfonamides is 1. The summed E-state index contributed by atoms with van der Waals surface area (Å²) in [7, 11) is -3.76. The lowest BCUT2D eigenvalue weighted by Gasteiger charge is -2.10. The standard InChI is InChI=1S/C22H20N2O4S/c1-15-6-10-19(11-7-15)24-29(27,28)21-12-8-17(9-13-21)22(26)23-20-5-3-4-18(14-20)16(2)25/h3-14,24H,1-2H3,(H,23,26). The van der Waals surface area contributed by atoms with Crippen molar-refractivity contribution in [2.45, 2.75) is 18.7 Å². The topological polar surface area (TPSA) is 92.3 Å². The van der Waals surface area contributed by atoms with Crippen molar-refractivity contribution in [3.63, 3.8) is 0 Å². The Labute approximate surface area is 169 Å². The van der Waals surface area contributed by atoms with Crippen LogP contribution < -0.4 is 10.0 Å². The van der Waals surface area contributed by atoms with Crippen LogP contribution in [0.4, 0.5) is 11.4 Å². The fourth-order valence-corrected chi connectivity index (χ4v) is 3.70. The summed E-state index contributed by atoms with van der Waals surface area (Å²) in [6.45, 7) is 3.36. The molecule has 3 aromatic carbocycles. The van der Waals surface area contributed by atoms with Crippen molar-refractivity contribution in [3.05, 3.63) is 89.5 Å². The van der Waals surface area contributed by atoms with Gasteiger partial charge in [0.05, 0.1) is 4.90 Å². The quantitative estimate of drug-likeness (QED) is 0.597. The first-order valence-corrected chi connectivity index (χ1v) is 10.3.